The topological polar surface area (TPSA) is 49.4 Å². The van der Waals surface area contributed by atoms with Gasteiger partial charge in [-0.25, -0.2) is 0 Å². The van der Waals surface area contributed by atoms with Crippen LogP contribution in [0.3, 0.4) is 0 Å². The summed E-state index contributed by atoms with van der Waals surface area (Å²) in [5.74, 6) is 0.829. The number of amides is 2. The van der Waals surface area contributed by atoms with Gasteiger partial charge in [0.25, 0.3) is 0 Å². The molecule has 0 aliphatic rings. The lowest BCUT2D eigenvalue weighted by molar-refractivity contribution is -0.139. The summed E-state index contributed by atoms with van der Waals surface area (Å²) in [7, 11) is 0. The van der Waals surface area contributed by atoms with Crippen molar-refractivity contribution in [3.05, 3.63) is 106 Å². The largest absolute Gasteiger partial charge is 0.352 e. The summed E-state index contributed by atoms with van der Waals surface area (Å²) in [6, 6.07) is 25.0. The van der Waals surface area contributed by atoms with Crippen LogP contribution in [0.25, 0.3) is 0 Å². The monoisotopic (exact) mass is 522 g/mol. The number of nitrogens with zero attached hydrogens (tertiary/aromatic N) is 1. The summed E-state index contributed by atoms with van der Waals surface area (Å²) in [5.41, 5.74) is 4.28. The third-order valence-corrected chi connectivity index (χ3v) is 7.52. The normalized spacial score (nSPS) is 12.6. The Morgan fingerprint density at radius 3 is 2.28 bits per heavy atom. The minimum atomic E-state index is -0.607. The second-order valence-corrected chi connectivity index (χ2v) is 10.5. The number of nitrogens with one attached hydrogen (secondary N) is 1. The number of rotatable bonds is 12. The van der Waals surface area contributed by atoms with E-state index in [9.17, 15) is 9.59 Å². The van der Waals surface area contributed by atoms with E-state index in [1.54, 1.807) is 16.7 Å². The van der Waals surface area contributed by atoms with Crippen LogP contribution in [0.4, 0.5) is 0 Å². The van der Waals surface area contributed by atoms with E-state index in [4.69, 9.17) is 11.6 Å². The smallest absolute Gasteiger partial charge is 0.243 e. The second-order valence-electron chi connectivity index (χ2n) is 9.09. The van der Waals surface area contributed by atoms with Gasteiger partial charge in [0.2, 0.25) is 11.8 Å². The van der Waals surface area contributed by atoms with Crippen LogP contribution in [-0.4, -0.2) is 34.6 Å². The van der Waals surface area contributed by atoms with Crippen molar-refractivity contribution in [1.82, 2.24) is 10.2 Å². The molecule has 0 aliphatic heterocycles. The van der Waals surface area contributed by atoms with Gasteiger partial charge in [-0.1, -0.05) is 85.3 Å². The molecule has 3 aromatic carbocycles. The Bertz CT molecular complexity index is 1120. The third kappa shape index (κ3) is 8.42. The number of benzene rings is 3. The Morgan fingerprint density at radius 2 is 1.61 bits per heavy atom. The maximum Gasteiger partial charge on any atom is 0.243 e. The van der Waals surface area contributed by atoms with E-state index in [0.29, 0.717) is 23.7 Å². The minimum absolute atomic E-state index is 0.0328. The molecule has 6 heteroatoms. The molecule has 0 fully saturated rings. The van der Waals surface area contributed by atoms with Crippen LogP contribution < -0.4 is 5.32 Å². The van der Waals surface area contributed by atoms with Crippen molar-refractivity contribution >= 4 is 35.2 Å². The molecule has 0 radical (unpaired) electrons. The highest BCUT2D eigenvalue weighted by atomic mass is 35.5. The highest BCUT2D eigenvalue weighted by Crippen LogP contribution is 2.20. The Balaban J connectivity index is 1.86. The molecule has 36 heavy (non-hydrogen) atoms. The molecule has 0 spiro atoms. The van der Waals surface area contributed by atoms with Gasteiger partial charge in [0.1, 0.15) is 6.04 Å². The molecule has 2 amide bonds. The van der Waals surface area contributed by atoms with Gasteiger partial charge < -0.3 is 10.2 Å². The maximum absolute atomic E-state index is 13.7. The van der Waals surface area contributed by atoms with Crippen LogP contribution in [0.5, 0.6) is 0 Å². The van der Waals surface area contributed by atoms with Crippen molar-refractivity contribution in [2.45, 2.75) is 58.0 Å². The summed E-state index contributed by atoms with van der Waals surface area (Å²) in [6.45, 7) is 6.46. The van der Waals surface area contributed by atoms with Crippen LogP contribution in [-0.2, 0) is 28.3 Å². The van der Waals surface area contributed by atoms with E-state index >= 15 is 0 Å². The van der Waals surface area contributed by atoms with E-state index in [1.807, 2.05) is 99.6 Å². The number of aryl methyl sites for hydroxylation is 1. The van der Waals surface area contributed by atoms with E-state index in [2.05, 4.69) is 5.32 Å². The number of thioether (sulfide) groups is 1. The fraction of sp³-hybridized carbons (Fsp3) is 0.333. The van der Waals surface area contributed by atoms with E-state index in [0.717, 1.165) is 28.7 Å². The van der Waals surface area contributed by atoms with Gasteiger partial charge in [0, 0.05) is 29.8 Å². The molecule has 0 saturated heterocycles. The zero-order chi connectivity index (χ0) is 25.9. The predicted molar refractivity (Wildman–Crippen MR) is 151 cm³/mol. The van der Waals surface area contributed by atoms with Gasteiger partial charge in [-0.3, -0.25) is 9.59 Å². The molecule has 3 rings (SSSR count). The number of halogens is 1. The molecule has 0 unspecified atom stereocenters. The van der Waals surface area contributed by atoms with Gasteiger partial charge in [-0.05, 0) is 54.7 Å². The Labute approximate surface area is 224 Å². The molecule has 1 N–H and O–H groups in total. The van der Waals surface area contributed by atoms with E-state index in [-0.39, 0.29) is 23.6 Å². The van der Waals surface area contributed by atoms with Crippen LogP contribution in [0, 0.1) is 6.92 Å². The van der Waals surface area contributed by atoms with Gasteiger partial charge in [0.05, 0.1) is 5.75 Å². The molecule has 4 nitrogen and oxygen atoms in total. The lowest BCUT2D eigenvalue weighted by Crippen LogP contribution is -2.52. The van der Waals surface area contributed by atoms with Crippen LogP contribution in [0.1, 0.15) is 42.5 Å². The molecule has 3 aromatic rings. The summed E-state index contributed by atoms with van der Waals surface area (Å²) in [5, 5.41) is 3.82. The number of carbonyl (C=O) groups is 2. The first kappa shape index (κ1) is 27.8. The number of carbonyl (C=O) groups excluding carboxylic acids is 2. The number of hydrogen-bond acceptors (Lipinski definition) is 3. The summed E-state index contributed by atoms with van der Waals surface area (Å²) < 4.78 is 0. The number of hydrogen-bond donors (Lipinski definition) is 1. The van der Waals surface area contributed by atoms with E-state index in [1.165, 1.54) is 0 Å². The molecular formula is C30H35ClN2O2S. The van der Waals surface area contributed by atoms with Crippen molar-refractivity contribution in [2.75, 3.05) is 5.75 Å². The summed E-state index contributed by atoms with van der Waals surface area (Å²) >= 11 is 7.55. The van der Waals surface area contributed by atoms with Crippen molar-refractivity contribution < 1.29 is 9.59 Å². The van der Waals surface area contributed by atoms with Gasteiger partial charge in [-0.15, -0.1) is 11.8 Å². The highest BCUT2D eigenvalue weighted by Gasteiger charge is 2.31. The van der Waals surface area contributed by atoms with Crippen molar-refractivity contribution in [3.63, 3.8) is 0 Å². The van der Waals surface area contributed by atoms with Crippen LogP contribution >= 0.6 is 23.4 Å². The maximum atomic E-state index is 13.7. The molecule has 0 aromatic heterocycles. The minimum Gasteiger partial charge on any atom is -0.352 e. The van der Waals surface area contributed by atoms with Gasteiger partial charge in [-0.2, -0.15) is 0 Å². The van der Waals surface area contributed by atoms with Crippen molar-refractivity contribution in [2.24, 2.45) is 0 Å². The fourth-order valence-corrected chi connectivity index (χ4v) is 4.88. The fourth-order valence-electron chi connectivity index (χ4n) is 3.89. The standard InChI is InChI=1S/C30H35ClN2O2S/c1-4-23(3)32-30(35)28(18-24-11-6-5-7-12-24)33(19-26-13-9-8-10-22(26)2)29(34)21-36-20-25-14-16-27(31)17-15-25/h5-17,23,28H,4,18-21H2,1-3H3,(H,32,35)/t23-,28+/m1/s1. The Morgan fingerprint density at radius 1 is 0.944 bits per heavy atom. The van der Waals surface area contributed by atoms with Crippen LogP contribution in [0.15, 0.2) is 78.9 Å². The average molecular weight is 523 g/mol. The average Bonchev–Trinajstić information content (AvgIpc) is 2.88. The SMILES string of the molecule is CC[C@@H](C)NC(=O)[C@H](Cc1ccccc1)N(Cc1ccccc1C)C(=O)CSCc1ccc(Cl)cc1. The lowest BCUT2D eigenvalue weighted by Gasteiger charge is -2.32. The van der Waals surface area contributed by atoms with Gasteiger partial charge >= 0.3 is 0 Å². The molecule has 190 valence electrons. The van der Waals surface area contributed by atoms with Crippen molar-refractivity contribution in [1.29, 1.82) is 0 Å². The quantitative estimate of drug-likeness (QED) is 0.298. The first-order valence-corrected chi connectivity index (χ1v) is 13.9. The first-order valence-electron chi connectivity index (χ1n) is 12.4. The second kappa shape index (κ2) is 14.1. The Kier molecular flexibility index (Phi) is 10.9. The summed E-state index contributed by atoms with van der Waals surface area (Å²) in [6.07, 6.45) is 1.29. The molecule has 0 bridgehead atoms. The molecule has 2 atom stereocenters. The van der Waals surface area contributed by atoms with Gasteiger partial charge in [0.15, 0.2) is 0 Å². The molecule has 0 aliphatic carbocycles. The summed E-state index contributed by atoms with van der Waals surface area (Å²) in [4.78, 5) is 29.0. The van der Waals surface area contributed by atoms with Crippen LogP contribution in [0.2, 0.25) is 5.02 Å². The third-order valence-electron chi connectivity index (χ3n) is 6.28. The zero-order valence-electron chi connectivity index (χ0n) is 21.2. The molecular weight excluding hydrogens is 488 g/mol. The zero-order valence-corrected chi connectivity index (χ0v) is 22.8. The first-order chi connectivity index (χ1) is 17.4. The lowest BCUT2D eigenvalue weighted by atomic mass is 10.0. The highest BCUT2D eigenvalue weighted by molar-refractivity contribution is 7.99. The molecule has 0 saturated carbocycles. The molecule has 0 heterocycles. The Hall–Kier alpha value is -2.76. The predicted octanol–water partition coefficient (Wildman–Crippen LogP) is 6.44. The van der Waals surface area contributed by atoms with E-state index < -0.39 is 6.04 Å². The van der Waals surface area contributed by atoms with Crippen molar-refractivity contribution in [3.8, 4) is 0 Å².